The Morgan fingerprint density at radius 3 is 3.00 bits per heavy atom. The maximum atomic E-state index is 13.0. The molecule has 0 saturated carbocycles. The second-order valence-corrected chi connectivity index (χ2v) is 5.11. The van der Waals surface area contributed by atoms with Gasteiger partial charge in [0, 0.05) is 12.3 Å². The molecule has 7 heteroatoms. The highest BCUT2D eigenvalue weighted by molar-refractivity contribution is 7.99. The van der Waals surface area contributed by atoms with E-state index in [9.17, 15) is 14.0 Å². The second kappa shape index (κ2) is 5.92. The summed E-state index contributed by atoms with van der Waals surface area (Å²) in [6.07, 6.45) is 0. The minimum absolute atomic E-state index is 0.171. The largest absolute Gasteiger partial charge is 0.480 e. The Morgan fingerprint density at radius 1 is 1.53 bits per heavy atom. The number of hydrogen-bond acceptors (Lipinski definition) is 3. The molecule has 2 amide bonds. The molecule has 0 spiro atoms. The first-order valence-electron chi connectivity index (χ1n) is 5.67. The van der Waals surface area contributed by atoms with Crippen LogP contribution in [0.3, 0.4) is 0 Å². The second-order valence-electron chi connectivity index (χ2n) is 4.11. The smallest absolute Gasteiger partial charge is 0.327 e. The maximum absolute atomic E-state index is 13.0. The van der Waals surface area contributed by atoms with Crippen LogP contribution in [-0.2, 0) is 11.3 Å². The summed E-state index contributed by atoms with van der Waals surface area (Å²) >= 11 is 1.40. The summed E-state index contributed by atoms with van der Waals surface area (Å²) in [6.45, 7) is 0.171. The van der Waals surface area contributed by atoms with Crippen molar-refractivity contribution in [1.82, 2.24) is 10.2 Å². The lowest BCUT2D eigenvalue weighted by molar-refractivity contribution is -0.140. The molecule has 0 aromatic heterocycles. The molecule has 0 aliphatic carbocycles. The van der Waals surface area contributed by atoms with Crippen LogP contribution in [0.4, 0.5) is 9.18 Å². The van der Waals surface area contributed by atoms with Crippen molar-refractivity contribution >= 4 is 23.8 Å². The summed E-state index contributed by atoms with van der Waals surface area (Å²) in [4.78, 5) is 24.1. The van der Waals surface area contributed by atoms with Crippen LogP contribution in [0.2, 0.25) is 0 Å². The van der Waals surface area contributed by atoms with Crippen LogP contribution in [0.25, 0.3) is 0 Å². The zero-order valence-corrected chi connectivity index (χ0v) is 10.8. The van der Waals surface area contributed by atoms with Gasteiger partial charge in [0.25, 0.3) is 0 Å². The number of carboxylic acid groups (broad SMARTS) is 1. The van der Waals surface area contributed by atoms with Gasteiger partial charge in [-0.3, -0.25) is 0 Å². The molecule has 0 radical (unpaired) electrons. The van der Waals surface area contributed by atoms with Crippen molar-refractivity contribution in [2.24, 2.45) is 0 Å². The van der Waals surface area contributed by atoms with Crippen molar-refractivity contribution in [2.75, 3.05) is 11.6 Å². The molecule has 1 fully saturated rings. The number of nitrogens with zero attached hydrogens (tertiary/aromatic N) is 1. The molecule has 0 bridgehead atoms. The molecule has 19 heavy (non-hydrogen) atoms. The van der Waals surface area contributed by atoms with Gasteiger partial charge in [0.05, 0.1) is 5.88 Å². The van der Waals surface area contributed by atoms with Crippen molar-refractivity contribution in [3.05, 3.63) is 35.6 Å². The highest BCUT2D eigenvalue weighted by atomic mass is 32.2. The number of aliphatic carboxylic acids is 1. The molecule has 1 aromatic carbocycles. The zero-order valence-electron chi connectivity index (χ0n) is 10.0. The van der Waals surface area contributed by atoms with Crippen LogP contribution in [0.1, 0.15) is 5.56 Å². The van der Waals surface area contributed by atoms with Crippen LogP contribution < -0.4 is 5.32 Å². The van der Waals surface area contributed by atoms with Crippen molar-refractivity contribution in [3.8, 4) is 0 Å². The normalized spacial score (nSPS) is 18.4. The van der Waals surface area contributed by atoms with Gasteiger partial charge in [-0.1, -0.05) is 12.1 Å². The van der Waals surface area contributed by atoms with E-state index in [-0.39, 0.29) is 12.4 Å². The Morgan fingerprint density at radius 2 is 2.32 bits per heavy atom. The lowest BCUT2D eigenvalue weighted by Gasteiger charge is -2.20. The Bertz CT molecular complexity index is 498. The number of carbonyl (C=O) groups excluding carboxylic acids is 1. The minimum atomic E-state index is -1.01. The molecule has 1 unspecified atom stereocenters. The van der Waals surface area contributed by atoms with Crippen molar-refractivity contribution < 1.29 is 19.1 Å². The third-order valence-corrected chi connectivity index (χ3v) is 3.77. The number of amides is 2. The number of rotatable bonds is 3. The van der Waals surface area contributed by atoms with Gasteiger partial charge in [-0.25, -0.2) is 14.0 Å². The molecule has 2 rings (SSSR count). The fourth-order valence-electron chi connectivity index (χ4n) is 1.77. The standard InChI is InChI=1S/C12H13FN2O3S/c13-9-3-1-2-8(4-9)5-14-12(18)15-7-19-6-10(15)11(16)17/h1-4,10H,5-7H2,(H,14,18)(H,16,17). The van der Waals surface area contributed by atoms with E-state index in [1.165, 1.54) is 28.8 Å². The van der Waals surface area contributed by atoms with E-state index >= 15 is 0 Å². The topological polar surface area (TPSA) is 69.6 Å². The Labute approximate surface area is 113 Å². The monoisotopic (exact) mass is 284 g/mol. The lowest BCUT2D eigenvalue weighted by atomic mass is 10.2. The van der Waals surface area contributed by atoms with Crippen molar-refractivity contribution in [2.45, 2.75) is 12.6 Å². The fraction of sp³-hybridized carbons (Fsp3) is 0.333. The summed E-state index contributed by atoms with van der Waals surface area (Å²) in [6, 6.07) is 4.66. The van der Waals surface area contributed by atoms with Crippen LogP contribution in [-0.4, -0.2) is 39.7 Å². The number of thioether (sulfide) groups is 1. The average Bonchev–Trinajstić information content (AvgIpc) is 2.85. The number of nitrogens with one attached hydrogen (secondary N) is 1. The molecule has 5 nitrogen and oxygen atoms in total. The maximum Gasteiger partial charge on any atom is 0.327 e. The van der Waals surface area contributed by atoms with Crippen LogP contribution in [0.5, 0.6) is 0 Å². The summed E-state index contributed by atoms with van der Waals surface area (Å²) in [5.41, 5.74) is 0.632. The SMILES string of the molecule is O=C(O)C1CSCN1C(=O)NCc1cccc(F)c1. The molecule has 1 saturated heterocycles. The fourth-order valence-corrected chi connectivity index (χ4v) is 2.92. The van der Waals surface area contributed by atoms with Gasteiger partial charge in [0.1, 0.15) is 11.9 Å². The summed E-state index contributed by atoms with van der Waals surface area (Å²) in [7, 11) is 0. The van der Waals surface area contributed by atoms with E-state index in [4.69, 9.17) is 5.11 Å². The Balaban J connectivity index is 1.92. The van der Waals surface area contributed by atoms with Gasteiger partial charge in [0.15, 0.2) is 0 Å². The molecular weight excluding hydrogens is 271 g/mol. The van der Waals surface area contributed by atoms with Crippen molar-refractivity contribution in [1.29, 1.82) is 0 Å². The molecule has 102 valence electrons. The number of carboxylic acids is 1. The molecule has 1 heterocycles. The molecular formula is C12H13FN2O3S. The Kier molecular flexibility index (Phi) is 4.26. The highest BCUT2D eigenvalue weighted by Crippen LogP contribution is 2.20. The van der Waals surface area contributed by atoms with Crippen LogP contribution in [0.15, 0.2) is 24.3 Å². The van der Waals surface area contributed by atoms with Gasteiger partial charge in [-0.2, -0.15) is 0 Å². The summed E-state index contributed by atoms with van der Waals surface area (Å²) in [5, 5.41) is 11.6. The predicted octanol–water partition coefficient (Wildman–Crippen LogP) is 1.49. The summed E-state index contributed by atoms with van der Waals surface area (Å²) < 4.78 is 13.0. The molecule has 1 aliphatic heterocycles. The minimum Gasteiger partial charge on any atom is -0.480 e. The van der Waals surface area contributed by atoms with E-state index in [0.29, 0.717) is 17.2 Å². The average molecular weight is 284 g/mol. The quantitative estimate of drug-likeness (QED) is 0.882. The first-order valence-corrected chi connectivity index (χ1v) is 6.83. The number of hydrogen-bond donors (Lipinski definition) is 2. The number of carbonyl (C=O) groups is 2. The van der Waals surface area contributed by atoms with E-state index < -0.39 is 18.0 Å². The van der Waals surface area contributed by atoms with E-state index in [1.807, 2.05) is 0 Å². The van der Waals surface area contributed by atoms with Gasteiger partial charge >= 0.3 is 12.0 Å². The van der Waals surface area contributed by atoms with E-state index in [0.717, 1.165) is 0 Å². The Hall–Kier alpha value is -1.76. The predicted molar refractivity (Wildman–Crippen MR) is 69.2 cm³/mol. The molecule has 1 atom stereocenters. The van der Waals surface area contributed by atoms with Gasteiger partial charge in [-0.15, -0.1) is 11.8 Å². The number of benzene rings is 1. The van der Waals surface area contributed by atoms with E-state index in [2.05, 4.69) is 5.32 Å². The number of urea groups is 1. The van der Waals surface area contributed by atoms with Gasteiger partial charge in [-0.05, 0) is 17.7 Å². The third-order valence-electron chi connectivity index (χ3n) is 2.76. The van der Waals surface area contributed by atoms with Gasteiger partial charge < -0.3 is 15.3 Å². The lowest BCUT2D eigenvalue weighted by Crippen LogP contribution is -2.46. The first-order chi connectivity index (χ1) is 9.08. The third kappa shape index (κ3) is 3.37. The first kappa shape index (κ1) is 13.7. The highest BCUT2D eigenvalue weighted by Gasteiger charge is 2.34. The number of halogens is 1. The summed E-state index contributed by atoms with van der Waals surface area (Å²) in [5.74, 6) is -0.632. The molecule has 2 N–H and O–H groups in total. The molecule has 1 aliphatic rings. The van der Waals surface area contributed by atoms with Crippen LogP contribution in [0, 0.1) is 5.82 Å². The zero-order chi connectivity index (χ0) is 13.8. The van der Waals surface area contributed by atoms with Crippen LogP contribution >= 0.6 is 11.8 Å². The van der Waals surface area contributed by atoms with E-state index in [1.54, 1.807) is 12.1 Å². The van der Waals surface area contributed by atoms with Gasteiger partial charge in [0.2, 0.25) is 0 Å². The molecule has 1 aromatic rings. The van der Waals surface area contributed by atoms with Crippen molar-refractivity contribution in [3.63, 3.8) is 0 Å².